The molecule has 8 rings (SSSR count). The first-order chi connectivity index (χ1) is 31.1. The zero-order chi connectivity index (χ0) is 47.9. The Balaban J connectivity index is 0.928. The highest BCUT2D eigenvalue weighted by Gasteiger charge is 2.71. The molecule has 0 bridgehead atoms. The van der Waals surface area contributed by atoms with Gasteiger partial charge in [0, 0.05) is 16.7 Å². The Bertz CT molecular complexity index is 1640. The fraction of sp³-hybridized carbons (Fsp3) is 1.00. The second-order valence-electron chi connectivity index (χ2n) is 22.8. The molecule has 26 atom stereocenters. The molecule has 4 aliphatic carbocycles. The minimum absolute atomic E-state index is 0.00873. The van der Waals surface area contributed by atoms with E-state index >= 15 is 0 Å². The van der Waals surface area contributed by atoms with Gasteiger partial charge in [-0.15, -0.1) is 0 Å². The van der Waals surface area contributed by atoms with Gasteiger partial charge in [0.05, 0.1) is 58.0 Å². The van der Waals surface area contributed by atoms with Crippen molar-refractivity contribution in [3.8, 4) is 0 Å². The van der Waals surface area contributed by atoms with Crippen LogP contribution in [0.5, 0.6) is 0 Å². The molecule has 0 aromatic carbocycles. The van der Waals surface area contributed by atoms with Crippen molar-refractivity contribution in [1.29, 1.82) is 0 Å². The molecule has 66 heavy (non-hydrogen) atoms. The summed E-state index contributed by atoms with van der Waals surface area (Å²) in [6.07, 6.45) is -13.5. The van der Waals surface area contributed by atoms with Crippen LogP contribution in [0.25, 0.3) is 0 Å². The van der Waals surface area contributed by atoms with E-state index in [1.807, 2.05) is 13.8 Å². The van der Waals surface area contributed by atoms with Crippen LogP contribution in [0.4, 0.5) is 0 Å². The van der Waals surface area contributed by atoms with Gasteiger partial charge in [0.2, 0.25) is 0 Å². The van der Waals surface area contributed by atoms with E-state index in [2.05, 4.69) is 20.8 Å². The largest absolute Gasteiger partial charge is 0.396 e. The summed E-state index contributed by atoms with van der Waals surface area (Å²) in [5.74, 6) is 0.240. The third kappa shape index (κ3) is 8.35. The van der Waals surface area contributed by atoms with Gasteiger partial charge in [-0.05, 0) is 98.2 Å². The molecule has 8 fully saturated rings. The smallest absolute Gasteiger partial charge is 0.187 e. The molecule has 0 amide bonds. The molecule has 4 saturated carbocycles. The lowest BCUT2D eigenvalue weighted by Crippen LogP contribution is -2.69. The first-order valence-electron chi connectivity index (χ1n) is 24.6. The standard InChI is InChI=1S/C47H80O19/c1-22(18-60-40-37(58)34(55)32(53)26(16-48)63-40)25-8-13-47(21-62-25)15-14-45(4)23(39(47)59)6-7-29-43(2)11-10-30(44(3,20-50)28(43)9-12-46(29,45)5)65-42-38(35(56)33(54)27(17-49)64-42)66-41-36(57)31(52)24(51)19-61-41/h22-42,48-59H,6-21H2,1-5H3/t22-,23?,24-,25-,26-,27-,28?,29?,30+,31+,32-,33-,34+,35+,36-,37-,38-,39-,40-,41+,42+,43+,44+,45-,46-,47-/m1/s1. The SMILES string of the molecule is C[C@H](CO[C@@H]1O[C@H](CO)[C@@H](O)[C@H](O)[C@H]1O)[C@H]1CC[C@@]2(CC[C@]3(C)C(CCC4[C@@]5(C)CC[C@H](O[C@@H]6O[C@H](CO)[C@@H](O)[C@H](O)[C@H]6O[C@@H]6OC[C@@H](O)[C@H](O)[C@H]6O)[C@@](C)(CO)C5CC[C@]43C)[C@H]2O)CO1. The summed E-state index contributed by atoms with van der Waals surface area (Å²) in [6, 6.07) is 0. The molecule has 19 heteroatoms. The molecular formula is C47H80O19. The lowest BCUT2D eigenvalue weighted by molar-refractivity contribution is -0.372. The topological polar surface area (TPSA) is 307 Å². The van der Waals surface area contributed by atoms with Crippen LogP contribution in [-0.4, -0.2) is 205 Å². The monoisotopic (exact) mass is 949 g/mol. The summed E-state index contributed by atoms with van der Waals surface area (Å²) in [5, 5.41) is 127. The van der Waals surface area contributed by atoms with Crippen LogP contribution in [0.2, 0.25) is 0 Å². The normalized spacial score (nSPS) is 56.0. The number of ether oxygens (including phenoxy) is 7. The Kier molecular flexibility index (Phi) is 15.1. The molecule has 4 heterocycles. The fourth-order valence-electron chi connectivity index (χ4n) is 15.1. The van der Waals surface area contributed by atoms with Crippen molar-refractivity contribution in [3.05, 3.63) is 0 Å². The second kappa shape index (κ2) is 19.3. The molecule has 4 aliphatic heterocycles. The summed E-state index contributed by atoms with van der Waals surface area (Å²) >= 11 is 0. The number of hydrogen-bond acceptors (Lipinski definition) is 19. The Morgan fingerprint density at radius 1 is 0.591 bits per heavy atom. The van der Waals surface area contributed by atoms with E-state index in [1.165, 1.54) is 0 Å². The summed E-state index contributed by atoms with van der Waals surface area (Å²) in [7, 11) is 0. The van der Waals surface area contributed by atoms with Gasteiger partial charge in [-0.1, -0.05) is 34.6 Å². The van der Waals surface area contributed by atoms with Gasteiger partial charge in [0.1, 0.15) is 67.1 Å². The minimum atomic E-state index is -1.68. The van der Waals surface area contributed by atoms with Crippen molar-refractivity contribution >= 4 is 0 Å². The van der Waals surface area contributed by atoms with E-state index in [4.69, 9.17) is 33.2 Å². The average Bonchev–Trinajstić information content (AvgIpc) is 3.30. The zero-order valence-corrected chi connectivity index (χ0v) is 39.2. The third-order valence-corrected chi connectivity index (χ3v) is 19.6. The van der Waals surface area contributed by atoms with Crippen molar-refractivity contribution in [2.24, 2.45) is 50.7 Å². The van der Waals surface area contributed by atoms with Gasteiger partial charge in [-0.2, -0.15) is 0 Å². The van der Waals surface area contributed by atoms with Gasteiger partial charge in [-0.3, -0.25) is 0 Å². The Morgan fingerprint density at radius 3 is 1.91 bits per heavy atom. The van der Waals surface area contributed by atoms with Crippen molar-refractivity contribution in [2.45, 2.75) is 203 Å². The highest BCUT2D eigenvalue weighted by Crippen LogP contribution is 2.75. The predicted molar refractivity (Wildman–Crippen MR) is 228 cm³/mol. The van der Waals surface area contributed by atoms with Gasteiger partial charge >= 0.3 is 0 Å². The van der Waals surface area contributed by atoms with Crippen molar-refractivity contribution < 1.29 is 94.4 Å². The molecule has 3 unspecified atom stereocenters. The lowest BCUT2D eigenvalue weighted by Gasteiger charge is -2.73. The van der Waals surface area contributed by atoms with E-state index in [0.717, 1.165) is 51.4 Å². The van der Waals surface area contributed by atoms with Crippen molar-refractivity contribution in [1.82, 2.24) is 0 Å². The molecule has 0 aromatic heterocycles. The number of aliphatic hydroxyl groups excluding tert-OH is 12. The summed E-state index contributed by atoms with van der Waals surface area (Å²) in [6.45, 7) is 10.0. The zero-order valence-electron chi connectivity index (χ0n) is 39.2. The van der Waals surface area contributed by atoms with E-state index in [9.17, 15) is 61.3 Å². The highest BCUT2D eigenvalue weighted by molar-refractivity contribution is 5.19. The second-order valence-corrected chi connectivity index (χ2v) is 22.8. The van der Waals surface area contributed by atoms with Crippen LogP contribution in [-0.2, 0) is 33.2 Å². The number of aliphatic hydroxyl groups is 12. The molecule has 8 aliphatic rings. The number of fused-ring (bicyclic) bond motifs is 5. The fourth-order valence-corrected chi connectivity index (χ4v) is 15.1. The van der Waals surface area contributed by atoms with E-state index in [0.29, 0.717) is 19.4 Å². The van der Waals surface area contributed by atoms with Crippen LogP contribution in [0.1, 0.15) is 98.8 Å². The Hall–Kier alpha value is -0.760. The van der Waals surface area contributed by atoms with Gasteiger partial charge < -0.3 is 94.4 Å². The molecule has 4 saturated heterocycles. The average molecular weight is 949 g/mol. The van der Waals surface area contributed by atoms with Crippen LogP contribution < -0.4 is 0 Å². The predicted octanol–water partition coefficient (Wildman–Crippen LogP) is -1.34. The van der Waals surface area contributed by atoms with Crippen LogP contribution in [0, 0.1) is 50.7 Å². The van der Waals surface area contributed by atoms with E-state index in [-0.39, 0.29) is 65.8 Å². The first-order valence-corrected chi connectivity index (χ1v) is 24.6. The molecular weight excluding hydrogens is 868 g/mol. The molecule has 0 aromatic rings. The molecule has 12 N–H and O–H groups in total. The number of rotatable bonds is 11. The molecule has 1 spiro atoms. The van der Waals surface area contributed by atoms with Crippen LogP contribution in [0.15, 0.2) is 0 Å². The van der Waals surface area contributed by atoms with Gasteiger partial charge in [-0.25, -0.2) is 0 Å². The first kappa shape index (κ1) is 51.6. The minimum Gasteiger partial charge on any atom is -0.396 e. The van der Waals surface area contributed by atoms with Crippen molar-refractivity contribution in [2.75, 3.05) is 39.6 Å². The Labute approximate surface area is 387 Å². The Morgan fingerprint density at radius 2 is 1.26 bits per heavy atom. The van der Waals surface area contributed by atoms with Crippen molar-refractivity contribution in [3.63, 3.8) is 0 Å². The van der Waals surface area contributed by atoms with Crippen LogP contribution >= 0.6 is 0 Å². The highest BCUT2D eigenvalue weighted by atomic mass is 16.8. The quantitative estimate of drug-likeness (QED) is 0.107. The molecule has 19 nitrogen and oxygen atoms in total. The third-order valence-electron chi connectivity index (χ3n) is 19.6. The maximum atomic E-state index is 12.5. The number of hydrogen-bond donors (Lipinski definition) is 12. The maximum absolute atomic E-state index is 12.5. The summed E-state index contributed by atoms with van der Waals surface area (Å²) < 4.78 is 42.1. The van der Waals surface area contributed by atoms with Crippen LogP contribution in [0.3, 0.4) is 0 Å². The summed E-state index contributed by atoms with van der Waals surface area (Å²) in [5.41, 5.74) is -1.69. The lowest BCUT2D eigenvalue weighted by atomic mass is 9.33. The van der Waals surface area contributed by atoms with E-state index < -0.39 is 122 Å². The molecule has 0 radical (unpaired) electrons. The maximum Gasteiger partial charge on any atom is 0.187 e. The van der Waals surface area contributed by atoms with E-state index in [1.54, 1.807) is 0 Å². The van der Waals surface area contributed by atoms with Gasteiger partial charge in [0.15, 0.2) is 18.9 Å². The molecule has 382 valence electrons. The summed E-state index contributed by atoms with van der Waals surface area (Å²) in [4.78, 5) is 0. The van der Waals surface area contributed by atoms with Gasteiger partial charge in [0.25, 0.3) is 0 Å².